The number of rotatable bonds is 5. The highest BCUT2D eigenvalue weighted by atomic mass is 79.9. The zero-order valence-corrected chi connectivity index (χ0v) is 20.3. The third-order valence-electron chi connectivity index (χ3n) is 5.42. The Morgan fingerprint density at radius 2 is 1.85 bits per heavy atom. The highest BCUT2D eigenvalue weighted by Gasteiger charge is 2.47. The summed E-state index contributed by atoms with van der Waals surface area (Å²) in [5.74, 6) is -0.0125. The molecule has 1 amide bonds. The van der Waals surface area contributed by atoms with Crippen LogP contribution >= 0.6 is 27.5 Å². The normalized spacial score (nSPS) is 17.5. The summed E-state index contributed by atoms with van der Waals surface area (Å²) in [6.07, 6.45) is -4.91. The summed E-state index contributed by atoms with van der Waals surface area (Å²) < 4.78 is 53.8. The van der Waals surface area contributed by atoms with Crippen molar-refractivity contribution in [1.29, 1.82) is 0 Å². The minimum absolute atomic E-state index is 0.0689. The Labute approximate surface area is 206 Å². The van der Waals surface area contributed by atoms with E-state index in [4.69, 9.17) is 21.1 Å². The summed E-state index contributed by atoms with van der Waals surface area (Å²) in [6, 6.07) is 8.95. The Balaban J connectivity index is 1.67. The van der Waals surface area contributed by atoms with Gasteiger partial charge in [0.1, 0.15) is 10.8 Å². The molecule has 2 aromatic carbocycles. The average molecular weight is 560 g/mol. The number of anilines is 2. The largest absolute Gasteiger partial charge is 0.493 e. The number of benzene rings is 2. The van der Waals surface area contributed by atoms with Gasteiger partial charge >= 0.3 is 6.18 Å². The summed E-state index contributed by atoms with van der Waals surface area (Å²) in [5.41, 5.74) is 0.653. The van der Waals surface area contributed by atoms with E-state index in [-0.39, 0.29) is 23.0 Å². The third kappa shape index (κ3) is 4.67. The molecule has 3 aromatic rings. The van der Waals surface area contributed by atoms with Crippen LogP contribution in [0.1, 0.15) is 34.6 Å². The molecule has 2 heterocycles. The Bertz CT molecular complexity index is 1220. The Morgan fingerprint density at radius 1 is 1.18 bits per heavy atom. The molecule has 1 aliphatic rings. The molecule has 34 heavy (non-hydrogen) atoms. The lowest BCUT2D eigenvalue weighted by Gasteiger charge is -2.33. The number of halogens is 5. The first-order valence-corrected chi connectivity index (χ1v) is 11.2. The second-order valence-electron chi connectivity index (χ2n) is 7.52. The number of fused-ring (bicyclic) bond motifs is 1. The Kier molecular flexibility index (Phi) is 6.68. The lowest BCUT2D eigenvalue weighted by Crippen LogP contribution is -2.35. The van der Waals surface area contributed by atoms with Crippen LogP contribution in [0, 0.1) is 0 Å². The van der Waals surface area contributed by atoms with Crippen LogP contribution in [0.25, 0.3) is 0 Å². The number of carbonyl (C=O) groups excluding carboxylic acids is 1. The van der Waals surface area contributed by atoms with Crippen molar-refractivity contribution in [3.05, 3.63) is 63.2 Å². The zero-order valence-electron chi connectivity index (χ0n) is 17.9. The summed E-state index contributed by atoms with van der Waals surface area (Å²) >= 11 is 9.70. The monoisotopic (exact) mass is 558 g/mol. The molecule has 0 saturated carbocycles. The minimum Gasteiger partial charge on any atom is -0.493 e. The van der Waals surface area contributed by atoms with E-state index in [2.05, 4.69) is 31.7 Å². The number of aromatic nitrogens is 2. The quantitative estimate of drug-likeness (QED) is 0.388. The molecule has 0 bridgehead atoms. The van der Waals surface area contributed by atoms with Gasteiger partial charge < -0.3 is 20.1 Å². The van der Waals surface area contributed by atoms with Crippen LogP contribution in [0.15, 0.2) is 46.9 Å². The lowest BCUT2D eigenvalue weighted by molar-refractivity contribution is -0.173. The zero-order chi connectivity index (χ0) is 24.6. The van der Waals surface area contributed by atoms with Crippen molar-refractivity contribution in [2.45, 2.75) is 24.7 Å². The first kappa shape index (κ1) is 24.2. The summed E-state index contributed by atoms with van der Waals surface area (Å²) in [4.78, 5) is 12.9. The van der Waals surface area contributed by atoms with Gasteiger partial charge in [-0.05, 0) is 29.8 Å². The first-order chi connectivity index (χ1) is 16.1. The third-order valence-corrected chi connectivity index (χ3v) is 6.31. The van der Waals surface area contributed by atoms with Gasteiger partial charge in [-0.3, -0.25) is 4.79 Å². The van der Waals surface area contributed by atoms with E-state index in [1.807, 2.05) is 0 Å². The molecule has 0 unspecified atom stereocenters. The van der Waals surface area contributed by atoms with Crippen molar-refractivity contribution in [2.75, 3.05) is 24.9 Å². The average Bonchev–Trinajstić information content (AvgIpc) is 3.14. The second-order valence-corrected chi connectivity index (χ2v) is 8.81. The molecule has 0 fully saturated rings. The van der Waals surface area contributed by atoms with Gasteiger partial charge in [0.05, 0.1) is 20.3 Å². The van der Waals surface area contributed by atoms with Crippen molar-refractivity contribution in [3.8, 4) is 11.5 Å². The predicted octanol–water partition coefficient (Wildman–Crippen LogP) is 6.23. The van der Waals surface area contributed by atoms with Crippen molar-refractivity contribution in [1.82, 2.24) is 9.78 Å². The molecule has 4 rings (SSSR count). The van der Waals surface area contributed by atoms with Crippen LogP contribution in [0.5, 0.6) is 11.5 Å². The topological polar surface area (TPSA) is 77.4 Å². The predicted molar refractivity (Wildman–Crippen MR) is 125 cm³/mol. The number of ether oxygens (including phenoxy) is 2. The molecule has 0 saturated heterocycles. The maximum absolute atomic E-state index is 14.0. The Hall–Kier alpha value is -2.92. The molecule has 0 spiro atoms. The molecule has 7 nitrogen and oxygen atoms in total. The standard InChI is InChI=1S/C22H19BrClF3N4O3/c1-33-15-8-7-13(9-16(15)34-2)28-21(32)19-18(24)20-29-14(11-3-5-12(23)6-4-11)10-17(22(25,26)27)31(20)30-19/h3-9,14,17,29H,10H2,1-2H3,(H,28,32)/t14-,17-/m0/s1. The van der Waals surface area contributed by atoms with Crippen LogP contribution in [0.4, 0.5) is 24.7 Å². The van der Waals surface area contributed by atoms with Gasteiger partial charge in [-0.25, -0.2) is 4.68 Å². The van der Waals surface area contributed by atoms with Gasteiger partial charge in [0, 0.05) is 22.6 Å². The van der Waals surface area contributed by atoms with Crippen LogP contribution in [-0.2, 0) is 0 Å². The molecule has 1 aliphatic heterocycles. The molecule has 1 aromatic heterocycles. The van der Waals surface area contributed by atoms with E-state index in [0.717, 1.165) is 9.15 Å². The van der Waals surface area contributed by atoms with E-state index in [1.54, 1.807) is 36.4 Å². The summed E-state index contributed by atoms with van der Waals surface area (Å²) in [6.45, 7) is 0. The SMILES string of the molecule is COc1ccc(NC(=O)c2nn3c(c2Cl)N[C@H](c2ccc(Br)cc2)C[C@H]3C(F)(F)F)cc1OC. The summed E-state index contributed by atoms with van der Waals surface area (Å²) in [7, 11) is 2.91. The fourth-order valence-electron chi connectivity index (χ4n) is 3.75. The van der Waals surface area contributed by atoms with Crippen molar-refractivity contribution in [3.63, 3.8) is 0 Å². The molecule has 180 valence electrons. The van der Waals surface area contributed by atoms with Crippen LogP contribution < -0.4 is 20.1 Å². The lowest BCUT2D eigenvalue weighted by atomic mass is 9.97. The number of hydrogen-bond acceptors (Lipinski definition) is 5. The fourth-order valence-corrected chi connectivity index (χ4v) is 4.28. The van der Waals surface area contributed by atoms with E-state index < -0.39 is 24.2 Å². The highest BCUT2D eigenvalue weighted by Crippen LogP contribution is 2.46. The van der Waals surface area contributed by atoms with Gasteiger partial charge in [0.25, 0.3) is 5.91 Å². The second kappa shape index (κ2) is 9.38. The van der Waals surface area contributed by atoms with Crippen LogP contribution in [-0.4, -0.2) is 36.1 Å². The maximum atomic E-state index is 14.0. The van der Waals surface area contributed by atoms with E-state index in [9.17, 15) is 18.0 Å². The first-order valence-electron chi connectivity index (χ1n) is 10.0. The number of carbonyl (C=O) groups is 1. The number of methoxy groups -OCH3 is 2. The number of alkyl halides is 3. The Morgan fingerprint density at radius 3 is 2.47 bits per heavy atom. The van der Waals surface area contributed by atoms with Crippen molar-refractivity contribution >= 4 is 44.9 Å². The molecule has 2 atom stereocenters. The highest BCUT2D eigenvalue weighted by molar-refractivity contribution is 9.10. The minimum atomic E-state index is -4.60. The van der Waals surface area contributed by atoms with E-state index >= 15 is 0 Å². The van der Waals surface area contributed by atoms with Gasteiger partial charge in [-0.2, -0.15) is 18.3 Å². The molecule has 12 heteroatoms. The number of amides is 1. The van der Waals surface area contributed by atoms with Crippen molar-refractivity contribution < 1.29 is 27.4 Å². The van der Waals surface area contributed by atoms with E-state index in [0.29, 0.717) is 22.7 Å². The number of nitrogens with zero attached hydrogens (tertiary/aromatic N) is 2. The molecular weight excluding hydrogens is 541 g/mol. The van der Waals surface area contributed by atoms with Gasteiger partial charge in [-0.1, -0.05) is 39.7 Å². The van der Waals surface area contributed by atoms with Crippen LogP contribution in [0.2, 0.25) is 5.02 Å². The molecular formula is C22H19BrClF3N4O3. The van der Waals surface area contributed by atoms with E-state index in [1.165, 1.54) is 20.3 Å². The van der Waals surface area contributed by atoms with Crippen LogP contribution in [0.3, 0.4) is 0 Å². The molecule has 2 N–H and O–H groups in total. The maximum Gasteiger partial charge on any atom is 0.410 e. The van der Waals surface area contributed by atoms with Gasteiger partial charge in [-0.15, -0.1) is 0 Å². The number of hydrogen-bond donors (Lipinski definition) is 2. The smallest absolute Gasteiger partial charge is 0.410 e. The molecule has 0 aliphatic carbocycles. The fraction of sp³-hybridized carbons (Fsp3) is 0.273. The van der Waals surface area contributed by atoms with Gasteiger partial charge in [0.15, 0.2) is 23.2 Å². The molecule has 0 radical (unpaired) electrons. The van der Waals surface area contributed by atoms with Gasteiger partial charge in [0.2, 0.25) is 0 Å². The van der Waals surface area contributed by atoms with Crippen molar-refractivity contribution in [2.24, 2.45) is 0 Å². The number of nitrogens with one attached hydrogen (secondary N) is 2. The summed E-state index contributed by atoms with van der Waals surface area (Å²) in [5, 5.41) is 9.34.